The van der Waals surface area contributed by atoms with Crippen molar-refractivity contribution >= 4 is 5.82 Å². The fraction of sp³-hybridized carbons (Fsp3) is 0.308. The molecular weight excluding hydrogens is 231 g/mol. The van der Waals surface area contributed by atoms with Gasteiger partial charge in [0.15, 0.2) is 5.82 Å². The fourth-order valence-electron chi connectivity index (χ4n) is 1.94. The van der Waals surface area contributed by atoms with Crippen molar-refractivity contribution in [3.05, 3.63) is 35.4 Å². The number of hydrogen-bond acceptors (Lipinski definition) is 4. The zero-order chi connectivity index (χ0) is 13.3. The Morgan fingerprint density at radius 2 is 1.94 bits per heavy atom. The number of anilines is 1. The van der Waals surface area contributed by atoms with Crippen LogP contribution in [0, 0.1) is 12.7 Å². The predicted octanol–water partition coefficient (Wildman–Crippen LogP) is 2.69. The lowest BCUT2D eigenvalue weighted by Gasteiger charge is -2.12. The highest BCUT2D eigenvalue weighted by Crippen LogP contribution is 2.25. The van der Waals surface area contributed by atoms with E-state index in [0.717, 1.165) is 17.5 Å². The minimum Gasteiger partial charge on any atom is -0.383 e. The van der Waals surface area contributed by atoms with Crippen LogP contribution < -0.4 is 5.73 Å². The van der Waals surface area contributed by atoms with Gasteiger partial charge in [0.05, 0.1) is 6.20 Å². The van der Waals surface area contributed by atoms with E-state index in [2.05, 4.69) is 15.0 Å². The largest absolute Gasteiger partial charge is 0.383 e. The number of pyridine rings is 1. The van der Waals surface area contributed by atoms with Gasteiger partial charge in [0.2, 0.25) is 0 Å². The minimum atomic E-state index is -0.387. The zero-order valence-electron chi connectivity index (χ0n) is 10.6. The molecule has 0 amide bonds. The van der Waals surface area contributed by atoms with Gasteiger partial charge in [-0.15, -0.1) is 0 Å². The van der Waals surface area contributed by atoms with Crippen LogP contribution in [0.4, 0.5) is 10.2 Å². The van der Waals surface area contributed by atoms with Crippen LogP contribution in [0.15, 0.2) is 18.3 Å². The number of nitrogens with zero attached hydrogens (tertiary/aromatic N) is 3. The van der Waals surface area contributed by atoms with Crippen molar-refractivity contribution in [1.29, 1.82) is 0 Å². The summed E-state index contributed by atoms with van der Waals surface area (Å²) in [5.74, 6) is 0.760. The molecule has 2 heterocycles. The smallest absolute Gasteiger partial charge is 0.180 e. The average Bonchev–Trinajstić information content (AvgIpc) is 2.28. The molecule has 0 saturated carbocycles. The van der Waals surface area contributed by atoms with Gasteiger partial charge in [0.1, 0.15) is 17.3 Å². The molecule has 0 bridgehead atoms. The van der Waals surface area contributed by atoms with E-state index in [1.807, 2.05) is 20.8 Å². The summed E-state index contributed by atoms with van der Waals surface area (Å²) >= 11 is 0. The van der Waals surface area contributed by atoms with Crippen LogP contribution in [0.2, 0.25) is 0 Å². The Labute approximate surface area is 105 Å². The topological polar surface area (TPSA) is 64.7 Å². The zero-order valence-corrected chi connectivity index (χ0v) is 10.6. The summed E-state index contributed by atoms with van der Waals surface area (Å²) < 4.78 is 12.8. The first-order valence-corrected chi connectivity index (χ1v) is 5.75. The minimum absolute atomic E-state index is 0.264. The molecule has 2 N–H and O–H groups in total. The molecule has 0 aliphatic heterocycles. The number of aryl methyl sites for hydroxylation is 1. The molecule has 0 atom stereocenters. The van der Waals surface area contributed by atoms with Crippen LogP contribution in [-0.2, 0) is 0 Å². The van der Waals surface area contributed by atoms with Gasteiger partial charge in [-0.1, -0.05) is 13.8 Å². The number of hydrogen-bond donors (Lipinski definition) is 1. The molecule has 0 aromatic carbocycles. The highest BCUT2D eigenvalue weighted by Gasteiger charge is 2.13. The summed E-state index contributed by atoms with van der Waals surface area (Å²) in [6.45, 7) is 5.97. The van der Waals surface area contributed by atoms with Crippen LogP contribution in [0.25, 0.3) is 11.5 Å². The molecule has 0 aliphatic rings. The van der Waals surface area contributed by atoms with Gasteiger partial charge in [-0.3, -0.25) is 0 Å². The highest BCUT2D eigenvalue weighted by atomic mass is 19.1. The molecule has 0 unspecified atom stereocenters. The molecule has 5 heteroatoms. The summed E-state index contributed by atoms with van der Waals surface area (Å²) in [5, 5.41) is 0. The summed E-state index contributed by atoms with van der Waals surface area (Å²) in [7, 11) is 0. The van der Waals surface area contributed by atoms with Gasteiger partial charge in [-0.25, -0.2) is 19.3 Å². The lowest BCUT2D eigenvalue weighted by molar-refractivity contribution is 0.621. The van der Waals surface area contributed by atoms with E-state index in [1.165, 1.54) is 6.07 Å². The van der Waals surface area contributed by atoms with Crippen LogP contribution in [0.1, 0.15) is 31.0 Å². The first kappa shape index (κ1) is 12.4. The van der Waals surface area contributed by atoms with Crippen LogP contribution in [0.3, 0.4) is 0 Å². The van der Waals surface area contributed by atoms with E-state index >= 15 is 0 Å². The Hall–Kier alpha value is -2.04. The molecule has 4 nitrogen and oxygen atoms in total. The number of rotatable bonds is 2. The first-order chi connectivity index (χ1) is 8.49. The lowest BCUT2D eigenvalue weighted by atomic mass is 10.0. The second kappa shape index (κ2) is 4.68. The number of nitrogen functional groups attached to an aromatic ring is 1. The van der Waals surface area contributed by atoms with Crippen LogP contribution in [0.5, 0.6) is 0 Å². The molecule has 0 spiro atoms. The van der Waals surface area contributed by atoms with Crippen molar-refractivity contribution in [3.8, 4) is 11.5 Å². The van der Waals surface area contributed by atoms with E-state index < -0.39 is 0 Å². The molecule has 0 radical (unpaired) electrons. The second-order valence-electron chi connectivity index (χ2n) is 4.45. The first-order valence-electron chi connectivity index (χ1n) is 5.75. The Bertz CT molecular complexity index is 541. The maximum atomic E-state index is 12.8. The molecule has 0 aliphatic carbocycles. The van der Waals surface area contributed by atoms with E-state index in [-0.39, 0.29) is 11.7 Å². The van der Waals surface area contributed by atoms with Crippen molar-refractivity contribution in [2.45, 2.75) is 26.7 Å². The monoisotopic (exact) mass is 246 g/mol. The van der Waals surface area contributed by atoms with Gasteiger partial charge in [0.25, 0.3) is 0 Å². The number of aromatic nitrogens is 3. The number of nitrogens with two attached hydrogens (primary N) is 1. The quantitative estimate of drug-likeness (QED) is 0.884. The maximum Gasteiger partial charge on any atom is 0.180 e. The van der Waals surface area contributed by atoms with Crippen molar-refractivity contribution in [3.63, 3.8) is 0 Å². The average molecular weight is 246 g/mol. The number of halogens is 1. The van der Waals surface area contributed by atoms with Crippen molar-refractivity contribution in [2.75, 3.05) is 5.73 Å². The van der Waals surface area contributed by atoms with Crippen LogP contribution in [-0.4, -0.2) is 15.0 Å². The summed E-state index contributed by atoms with van der Waals surface area (Å²) in [4.78, 5) is 12.6. The lowest BCUT2D eigenvalue weighted by Crippen LogP contribution is -2.07. The molecule has 94 valence electrons. The Morgan fingerprint density at radius 1 is 1.22 bits per heavy atom. The third-order valence-corrected chi connectivity index (χ3v) is 2.70. The van der Waals surface area contributed by atoms with Crippen molar-refractivity contribution in [2.24, 2.45) is 0 Å². The fourth-order valence-corrected chi connectivity index (χ4v) is 1.94. The molecule has 2 rings (SSSR count). The molecule has 2 aromatic rings. The second-order valence-corrected chi connectivity index (χ2v) is 4.45. The third kappa shape index (κ3) is 2.30. The van der Waals surface area contributed by atoms with E-state index in [9.17, 15) is 4.39 Å². The molecule has 0 saturated heterocycles. The summed E-state index contributed by atoms with van der Waals surface area (Å²) in [6.07, 6.45) is 1.14. The molecular formula is C13H15FN4. The molecule has 0 fully saturated rings. The maximum absolute atomic E-state index is 12.8. The normalized spacial score (nSPS) is 10.9. The molecule has 18 heavy (non-hydrogen) atoms. The van der Waals surface area contributed by atoms with Gasteiger partial charge < -0.3 is 5.73 Å². The third-order valence-electron chi connectivity index (χ3n) is 2.70. The molecule has 2 aromatic heterocycles. The van der Waals surface area contributed by atoms with Gasteiger partial charge in [-0.2, -0.15) is 0 Å². The highest BCUT2D eigenvalue weighted by molar-refractivity contribution is 5.55. The van der Waals surface area contributed by atoms with E-state index in [1.54, 1.807) is 6.07 Å². The van der Waals surface area contributed by atoms with Gasteiger partial charge in [-0.05, 0) is 25.0 Å². The summed E-state index contributed by atoms with van der Waals surface area (Å²) in [6, 6.07) is 2.87. The standard InChI is InChI=1S/C13H15FN4/c1-7(2)11-8(3)17-13(18-12(11)15)10-5-4-9(14)6-16-10/h4-7H,1-3H3,(H2,15,17,18). The van der Waals surface area contributed by atoms with E-state index in [4.69, 9.17) is 5.73 Å². The van der Waals surface area contributed by atoms with Crippen LogP contribution >= 0.6 is 0 Å². The SMILES string of the molecule is Cc1nc(-c2ccc(F)cn2)nc(N)c1C(C)C. The summed E-state index contributed by atoms with van der Waals surface area (Å²) in [5.41, 5.74) is 8.23. The Balaban J connectivity index is 2.51. The van der Waals surface area contributed by atoms with Crippen molar-refractivity contribution < 1.29 is 4.39 Å². The Morgan fingerprint density at radius 3 is 2.44 bits per heavy atom. The predicted molar refractivity (Wildman–Crippen MR) is 68.5 cm³/mol. The van der Waals surface area contributed by atoms with Gasteiger partial charge in [0, 0.05) is 11.3 Å². The van der Waals surface area contributed by atoms with Crippen molar-refractivity contribution in [1.82, 2.24) is 15.0 Å². The van der Waals surface area contributed by atoms with Gasteiger partial charge >= 0.3 is 0 Å². The Kier molecular flexibility index (Phi) is 3.23. The van der Waals surface area contributed by atoms with E-state index in [0.29, 0.717) is 17.3 Å².